The molecule has 0 radical (unpaired) electrons. The number of hydrogen-bond acceptors (Lipinski definition) is 3. The molecule has 0 bridgehead atoms. The maximum Gasteiger partial charge on any atom is 0.228 e. The summed E-state index contributed by atoms with van der Waals surface area (Å²) < 4.78 is 0. The van der Waals surface area contributed by atoms with Gasteiger partial charge in [-0.05, 0) is 62.6 Å². The summed E-state index contributed by atoms with van der Waals surface area (Å²) in [6.45, 7) is 1.80. The van der Waals surface area contributed by atoms with E-state index in [0.717, 1.165) is 57.3 Å². The van der Waals surface area contributed by atoms with Crippen LogP contribution in [0.4, 0.5) is 5.69 Å². The van der Waals surface area contributed by atoms with Gasteiger partial charge >= 0.3 is 0 Å². The van der Waals surface area contributed by atoms with E-state index < -0.39 is 0 Å². The maximum atomic E-state index is 12.5. The lowest BCUT2D eigenvalue weighted by molar-refractivity contribution is -0.120. The second-order valence-corrected chi connectivity index (χ2v) is 6.63. The fraction of sp³-hybridized carbons (Fsp3) is 0.611. The summed E-state index contributed by atoms with van der Waals surface area (Å²) in [6.07, 6.45) is 5.61. The van der Waals surface area contributed by atoms with Crippen LogP contribution in [0.15, 0.2) is 24.3 Å². The lowest BCUT2D eigenvalue weighted by Gasteiger charge is -2.28. The summed E-state index contributed by atoms with van der Waals surface area (Å²) in [5.41, 5.74) is 2.19. The second-order valence-electron chi connectivity index (χ2n) is 6.63. The minimum atomic E-state index is -0.147. The first-order chi connectivity index (χ1) is 10.7. The minimum Gasteiger partial charge on any atom is -0.393 e. The number of carbonyl (C=O) groups is 1. The number of hydrogen-bond donors (Lipinski definition) is 3. The Hall–Kier alpha value is -1.39. The number of benzene rings is 1. The zero-order chi connectivity index (χ0) is 15.4. The largest absolute Gasteiger partial charge is 0.393 e. The van der Waals surface area contributed by atoms with Gasteiger partial charge in [0.2, 0.25) is 5.91 Å². The predicted molar refractivity (Wildman–Crippen MR) is 87.9 cm³/mol. The molecule has 3 rings (SSSR count). The fourth-order valence-electron chi connectivity index (χ4n) is 3.66. The fourth-order valence-corrected chi connectivity index (χ4v) is 3.66. The number of rotatable bonds is 3. The Bertz CT molecular complexity index is 504. The highest BCUT2D eigenvalue weighted by molar-refractivity contribution is 5.93. The number of piperidine rings is 1. The van der Waals surface area contributed by atoms with Crippen molar-refractivity contribution in [1.29, 1.82) is 0 Å². The van der Waals surface area contributed by atoms with E-state index in [4.69, 9.17) is 0 Å². The number of para-hydroxylation sites is 1. The van der Waals surface area contributed by atoms with Gasteiger partial charge in [0.15, 0.2) is 0 Å². The lowest BCUT2D eigenvalue weighted by Crippen LogP contribution is -2.37. The lowest BCUT2D eigenvalue weighted by atomic mass is 9.82. The average Bonchev–Trinajstić information content (AvgIpc) is 2.57. The Morgan fingerprint density at radius 3 is 2.64 bits per heavy atom. The van der Waals surface area contributed by atoms with E-state index in [1.807, 2.05) is 18.2 Å². The SMILES string of the molecule is O=C(Nc1ccccc1[C@H]1CC[C@H](O)CC1)[C@H]1CCCNC1. The van der Waals surface area contributed by atoms with E-state index in [9.17, 15) is 9.90 Å². The number of aliphatic hydroxyl groups excluding tert-OH is 1. The van der Waals surface area contributed by atoms with E-state index in [0.29, 0.717) is 5.92 Å². The molecule has 1 saturated carbocycles. The minimum absolute atomic E-state index is 0.0787. The molecule has 2 fully saturated rings. The molecule has 1 heterocycles. The topological polar surface area (TPSA) is 61.4 Å². The summed E-state index contributed by atoms with van der Waals surface area (Å²) in [6, 6.07) is 8.15. The first kappa shape index (κ1) is 15.5. The van der Waals surface area contributed by atoms with Crippen LogP contribution in [-0.4, -0.2) is 30.2 Å². The Balaban J connectivity index is 1.69. The van der Waals surface area contributed by atoms with Crippen LogP contribution in [0.5, 0.6) is 0 Å². The number of amides is 1. The van der Waals surface area contributed by atoms with E-state index in [2.05, 4.69) is 16.7 Å². The van der Waals surface area contributed by atoms with Crippen LogP contribution in [0.2, 0.25) is 0 Å². The smallest absolute Gasteiger partial charge is 0.228 e. The standard InChI is InChI=1S/C18H26N2O2/c21-15-9-7-13(8-10-15)16-5-1-2-6-17(16)20-18(22)14-4-3-11-19-12-14/h1-2,5-6,13-15,19,21H,3-4,7-12H2,(H,20,22)/t13-,14-,15-/m0/s1. The van der Waals surface area contributed by atoms with Crippen molar-refractivity contribution in [3.63, 3.8) is 0 Å². The highest BCUT2D eigenvalue weighted by Crippen LogP contribution is 2.36. The molecule has 1 aliphatic carbocycles. The molecule has 0 spiro atoms. The van der Waals surface area contributed by atoms with Gasteiger partial charge in [-0.25, -0.2) is 0 Å². The van der Waals surface area contributed by atoms with Gasteiger partial charge in [-0.15, -0.1) is 0 Å². The molecule has 4 nitrogen and oxygen atoms in total. The molecule has 1 atom stereocenters. The first-order valence-electron chi connectivity index (χ1n) is 8.52. The van der Waals surface area contributed by atoms with Crippen molar-refractivity contribution in [2.24, 2.45) is 5.92 Å². The molecule has 120 valence electrons. The highest BCUT2D eigenvalue weighted by Gasteiger charge is 2.25. The molecule has 1 aromatic carbocycles. The van der Waals surface area contributed by atoms with Crippen molar-refractivity contribution < 1.29 is 9.90 Å². The van der Waals surface area contributed by atoms with Crippen molar-refractivity contribution in [3.8, 4) is 0 Å². The van der Waals surface area contributed by atoms with Crippen LogP contribution in [0.1, 0.15) is 50.0 Å². The molecule has 22 heavy (non-hydrogen) atoms. The van der Waals surface area contributed by atoms with Gasteiger partial charge in [-0.1, -0.05) is 18.2 Å². The third-order valence-electron chi connectivity index (χ3n) is 5.02. The van der Waals surface area contributed by atoms with Crippen molar-refractivity contribution in [2.75, 3.05) is 18.4 Å². The summed E-state index contributed by atoms with van der Waals surface area (Å²) in [5, 5.41) is 16.1. The Morgan fingerprint density at radius 1 is 1.14 bits per heavy atom. The summed E-state index contributed by atoms with van der Waals surface area (Å²) in [4.78, 5) is 12.5. The number of aliphatic hydroxyl groups is 1. The van der Waals surface area contributed by atoms with Gasteiger partial charge in [0, 0.05) is 12.2 Å². The molecule has 1 saturated heterocycles. The molecule has 3 N–H and O–H groups in total. The van der Waals surface area contributed by atoms with Crippen molar-refractivity contribution in [3.05, 3.63) is 29.8 Å². The molecular weight excluding hydrogens is 276 g/mol. The number of nitrogens with one attached hydrogen (secondary N) is 2. The predicted octanol–water partition coefficient (Wildman–Crippen LogP) is 2.64. The van der Waals surface area contributed by atoms with Gasteiger partial charge in [0.25, 0.3) is 0 Å². The first-order valence-corrected chi connectivity index (χ1v) is 8.52. The maximum absolute atomic E-state index is 12.5. The van der Waals surface area contributed by atoms with Gasteiger partial charge in [-0.2, -0.15) is 0 Å². The van der Waals surface area contributed by atoms with E-state index in [-0.39, 0.29) is 17.9 Å². The molecule has 1 aliphatic heterocycles. The van der Waals surface area contributed by atoms with Gasteiger partial charge in [-0.3, -0.25) is 4.79 Å². The molecule has 4 heteroatoms. The highest BCUT2D eigenvalue weighted by atomic mass is 16.3. The Labute approximate surface area is 132 Å². The van der Waals surface area contributed by atoms with Gasteiger partial charge < -0.3 is 15.7 Å². The van der Waals surface area contributed by atoms with Crippen LogP contribution >= 0.6 is 0 Å². The zero-order valence-corrected chi connectivity index (χ0v) is 13.1. The second kappa shape index (κ2) is 7.25. The van der Waals surface area contributed by atoms with Crippen LogP contribution in [0.3, 0.4) is 0 Å². The van der Waals surface area contributed by atoms with E-state index in [1.54, 1.807) is 0 Å². The van der Waals surface area contributed by atoms with Crippen LogP contribution in [0.25, 0.3) is 0 Å². The molecule has 0 aromatic heterocycles. The molecule has 0 unspecified atom stereocenters. The number of carbonyl (C=O) groups excluding carboxylic acids is 1. The Morgan fingerprint density at radius 2 is 1.91 bits per heavy atom. The van der Waals surface area contributed by atoms with E-state index in [1.165, 1.54) is 5.56 Å². The summed E-state index contributed by atoms with van der Waals surface area (Å²) >= 11 is 0. The van der Waals surface area contributed by atoms with E-state index >= 15 is 0 Å². The molecule has 1 amide bonds. The Kier molecular flexibility index (Phi) is 5.11. The monoisotopic (exact) mass is 302 g/mol. The van der Waals surface area contributed by atoms with Gasteiger partial charge in [0.1, 0.15) is 0 Å². The molecule has 1 aromatic rings. The third kappa shape index (κ3) is 3.68. The van der Waals surface area contributed by atoms with Crippen molar-refractivity contribution in [1.82, 2.24) is 5.32 Å². The van der Waals surface area contributed by atoms with Crippen molar-refractivity contribution in [2.45, 2.75) is 50.5 Å². The normalized spacial score (nSPS) is 29.0. The zero-order valence-electron chi connectivity index (χ0n) is 13.1. The van der Waals surface area contributed by atoms with Crippen LogP contribution < -0.4 is 10.6 Å². The average molecular weight is 302 g/mol. The quantitative estimate of drug-likeness (QED) is 0.804. The molecular formula is C18H26N2O2. The van der Waals surface area contributed by atoms with Crippen LogP contribution in [0, 0.1) is 5.92 Å². The number of anilines is 1. The van der Waals surface area contributed by atoms with Crippen molar-refractivity contribution >= 4 is 11.6 Å². The van der Waals surface area contributed by atoms with Gasteiger partial charge in [0.05, 0.1) is 12.0 Å². The summed E-state index contributed by atoms with van der Waals surface area (Å²) in [7, 11) is 0. The summed E-state index contributed by atoms with van der Waals surface area (Å²) in [5.74, 6) is 0.662. The molecule has 2 aliphatic rings. The third-order valence-corrected chi connectivity index (χ3v) is 5.02. The van der Waals surface area contributed by atoms with Crippen LogP contribution in [-0.2, 0) is 4.79 Å².